The summed E-state index contributed by atoms with van der Waals surface area (Å²) in [4.78, 5) is 39.9. The lowest BCUT2D eigenvalue weighted by Gasteiger charge is -2.35. The van der Waals surface area contributed by atoms with Gasteiger partial charge in [-0.2, -0.15) is 0 Å². The number of benzene rings is 4. The number of carbonyl (C=O) groups excluding carboxylic acids is 2. The molecule has 1 aliphatic heterocycles. The molecule has 1 aromatic heterocycles. The van der Waals surface area contributed by atoms with Crippen LogP contribution in [0.3, 0.4) is 0 Å². The van der Waals surface area contributed by atoms with Gasteiger partial charge in [0.15, 0.2) is 5.88 Å². The Morgan fingerprint density at radius 1 is 0.851 bits per heavy atom. The number of likely N-dealkylation sites (N-methyl/N-ethyl adjacent to an activating group) is 1. The van der Waals surface area contributed by atoms with Gasteiger partial charge in [-0.1, -0.05) is 66.7 Å². The van der Waals surface area contributed by atoms with E-state index in [1.54, 1.807) is 37.1 Å². The van der Waals surface area contributed by atoms with Gasteiger partial charge in [-0.15, -0.1) is 0 Å². The van der Waals surface area contributed by atoms with Crippen molar-refractivity contribution < 1.29 is 19.4 Å². The molecule has 47 heavy (non-hydrogen) atoms. The number of fused-ring (bicyclic) bond motifs is 1. The average Bonchev–Trinajstić information content (AvgIpc) is 3.43. The molecule has 1 fully saturated rings. The third-order valence-electron chi connectivity index (χ3n) is 8.50. The normalized spacial score (nSPS) is 14.3. The lowest BCUT2D eigenvalue weighted by molar-refractivity contribution is -0.119. The Labute approximate surface area is 274 Å². The molecule has 1 saturated heterocycles. The second-order valence-corrected chi connectivity index (χ2v) is 11.7. The van der Waals surface area contributed by atoms with Gasteiger partial charge in [-0.3, -0.25) is 14.6 Å². The summed E-state index contributed by atoms with van der Waals surface area (Å²) >= 11 is 0. The van der Waals surface area contributed by atoms with Crippen molar-refractivity contribution in [3.8, 4) is 5.88 Å². The van der Waals surface area contributed by atoms with E-state index in [1.807, 2.05) is 60.7 Å². The molecule has 6 rings (SSSR count). The molecule has 0 aliphatic carbocycles. The van der Waals surface area contributed by atoms with Crippen LogP contribution in [0.5, 0.6) is 5.88 Å². The molecule has 5 aromatic rings. The van der Waals surface area contributed by atoms with E-state index in [9.17, 15) is 14.7 Å². The van der Waals surface area contributed by atoms with Crippen LogP contribution < -0.4 is 4.90 Å². The number of anilines is 1. The maximum absolute atomic E-state index is 13.2. The van der Waals surface area contributed by atoms with E-state index in [-0.39, 0.29) is 18.4 Å². The number of nitrogens with one attached hydrogen (secondary N) is 1. The third-order valence-corrected chi connectivity index (χ3v) is 8.50. The van der Waals surface area contributed by atoms with Crippen LogP contribution in [0.15, 0.2) is 108 Å². The number of esters is 1. The van der Waals surface area contributed by atoms with Crippen molar-refractivity contribution in [1.29, 1.82) is 0 Å². The Kier molecular flexibility index (Phi) is 9.75. The van der Waals surface area contributed by atoms with Crippen LogP contribution in [0.25, 0.3) is 10.9 Å². The minimum absolute atomic E-state index is 0.0358. The van der Waals surface area contributed by atoms with Crippen molar-refractivity contribution in [2.75, 3.05) is 51.3 Å². The highest BCUT2D eigenvalue weighted by atomic mass is 16.5. The summed E-state index contributed by atoms with van der Waals surface area (Å²) in [6.07, 6.45) is 0. The van der Waals surface area contributed by atoms with Gasteiger partial charge in [0.2, 0.25) is 5.91 Å². The van der Waals surface area contributed by atoms with Gasteiger partial charge in [0.1, 0.15) is 0 Å². The first-order chi connectivity index (χ1) is 22.9. The number of nitrogens with zero attached hydrogens (tertiary/aromatic N) is 4. The summed E-state index contributed by atoms with van der Waals surface area (Å²) in [6.45, 7) is 6.90. The van der Waals surface area contributed by atoms with Gasteiger partial charge in [-0.25, -0.2) is 9.79 Å². The van der Waals surface area contributed by atoms with E-state index < -0.39 is 5.97 Å². The maximum atomic E-state index is 13.2. The summed E-state index contributed by atoms with van der Waals surface area (Å²) in [7, 11) is 1.80. The Balaban J connectivity index is 1.17. The van der Waals surface area contributed by atoms with Crippen molar-refractivity contribution >= 4 is 39.9 Å². The van der Waals surface area contributed by atoms with Crippen molar-refractivity contribution in [3.63, 3.8) is 0 Å². The van der Waals surface area contributed by atoms with Gasteiger partial charge in [0.05, 0.1) is 35.7 Å². The number of amides is 1. The minimum Gasteiger partial charge on any atom is -0.494 e. The number of carbonyl (C=O) groups is 2. The predicted molar refractivity (Wildman–Crippen MR) is 186 cm³/mol. The first-order valence-electron chi connectivity index (χ1n) is 15.9. The molecule has 1 aliphatic rings. The van der Waals surface area contributed by atoms with Crippen LogP contribution in [-0.4, -0.2) is 83.9 Å². The number of aromatic hydroxyl groups is 1. The molecule has 0 spiro atoms. The summed E-state index contributed by atoms with van der Waals surface area (Å²) in [5.74, 6) is -0.438. The zero-order chi connectivity index (χ0) is 32.8. The molecule has 2 heterocycles. The van der Waals surface area contributed by atoms with Crippen LogP contribution >= 0.6 is 0 Å². The Bertz CT molecular complexity index is 1860. The Hall–Kier alpha value is -5.25. The van der Waals surface area contributed by atoms with Gasteiger partial charge >= 0.3 is 5.97 Å². The highest BCUT2D eigenvalue weighted by Gasteiger charge is 2.22. The zero-order valence-corrected chi connectivity index (χ0v) is 26.7. The molecule has 0 bridgehead atoms. The van der Waals surface area contributed by atoms with Crippen molar-refractivity contribution in [2.45, 2.75) is 13.5 Å². The molecule has 4 aromatic carbocycles. The maximum Gasteiger partial charge on any atom is 0.338 e. The number of H-pyrrole nitrogens is 1. The summed E-state index contributed by atoms with van der Waals surface area (Å²) in [6, 6.07) is 32.8. The van der Waals surface area contributed by atoms with Gasteiger partial charge in [0.25, 0.3) is 0 Å². The largest absolute Gasteiger partial charge is 0.494 e. The van der Waals surface area contributed by atoms with Crippen LogP contribution in [0, 0.1) is 0 Å². The van der Waals surface area contributed by atoms with Crippen LogP contribution in [0.2, 0.25) is 0 Å². The molecular formula is C38H39N5O4. The highest BCUT2D eigenvalue weighted by molar-refractivity contribution is 6.22. The third kappa shape index (κ3) is 7.43. The van der Waals surface area contributed by atoms with Crippen LogP contribution in [0.1, 0.15) is 34.0 Å². The number of rotatable bonds is 10. The van der Waals surface area contributed by atoms with Gasteiger partial charge in [-0.05, 0) is 48.9 Å². The van der Waals surface area contributed by atoms with E-state index in [0.29, 0.717) is 34.6 Å². The fourth-order valence-electron chi connectivity index (χ4n) is 5.89. The number of hydrogen-bond acceptors (Lipinski definition) is 7. The molecule has 9 nitrogen and oxygen atoms in total. The summed E-state index contributed by atoms with van der Waals surface area (Å²) < 4.78 is 5.14. The van der Waals surface area contributed by atoms with E-state index in [2.05, 4.69) is 39.0 Å². The lowest BCUT2D eigenvalue weighted by atomic mass is 10.00. The van der Waals surface area contributed by atoms with Crippen molar-refractivity contribution in [2.24, 2.45) is 4.99 Å². The number of ether oxygens (including phenoxy) is 1. The van der Waals surface area contributed by atoms with Gasteiger partial charge < -0.3 is 19.7 Å². The zero-order valence-electron chi connectivity index (χ0n) is 26.7. The van der Waals surface area contributed by atoms with E-state index in [0.717, 1.165) is 49.4 Å². The standard InChI is InChI=1S/C38H39N5O4/c1-3-47-38(46)29-14-19-32-33(24-29)40-37(45)35(32)36(28-12-8-5-9-13-28)39-30-15-17-31(18-16-30)41(2)34(44)26-43-22-20-42(21-23-43)25-27-10-6-4-7-11-27/h4-19,24,40,45H,3,20-23,25-26H2,1-2H3. The molecule has 1 amide bonds. The van der Waals surface area contributed by atoms with Crippen molar-refractivity contribution in [3.05, 3.63) is 125 Å². The lowest BCUT2D eigenvalue weighted by Crippen LogP contribution is -2.49. The minimum atomic E-state index is -0.424. The molecule has 9 heteroatoms. The first kappa shape index (κ1) is 31.7. The quantitative estimate of drug-likeness (QED) is 0.145. The highest BCUT2D eigenvalue weighted by Crippen LogP contribution is 2.32. The van der Waals surface area contributed by atoms with E-state index in [4.69, 9.17) is 9.73 Å². The SMILES string of the molecule is CCOC(=O)c1ccc2c(C(=Nc3ccc(N(C)C(=O)CN4CCN(Cc5ccccc5)CC4)cc3)c3ccccc3)c(O)[nH]c2c1. The Morgan fingerprint density at radius 2 is 1.51 bits per heavy atom. The predicted octanol–water partition coefficient (Wildman–Crippen LogP) is 6.00. The van der Waals surface area contributed by atoms with Crippen molar-refractivity contribution in [1.82, 2.24) is 14.8 Å². The summed E-state index contributed by atoms with van der Waals surface area (Å²) in [5, 5.41) is 11.8. The summed E-state index contributed by atoms with van der Waals surface area (Å²) in [5.41, 5.74) is 5.66. The fourth-order valence-corrected chi connectivity index (χ4v) is 5.89. The second kappa shape index (κ2) is 14.5. The van der Waals surface area contributed by atoms with E-state index >= 15 is 0 Å². The van der Waals surface area contributed by atoms with Crippen LogP contribution in [0.4, 0.5) is 11.4 Å². The number of hydrogen-bond donors (Lipinski definition) is 2. The first-order valence-corrected chi connectivity index (χ1v) is 15.9. The smallest absolute Gasteiger partial charge is 0.338 e. The van der Waals surface area contributed by atoms with Gasteiger partial charge in [0, 0.05) is 61.9 Å². The molecule has 0 unspecified atom stereocenters. The number of aromatic amines is 1. The number of aromatic nitrogens is 1. The number of aliphatic imine (C=N–C) groups is 1. The number of piperazine rings is 1. The van der Waals surface area contributed by atoms with E-state index in [1.165, 1.54) is 5.56 Å². The molecule has 2 N–H and O–H groups in total. The molecule has 0 saturated carbocycles. The molecule has 0 atom stereocenters. The molecule has 0 radical (unpaired) electrons. The fraction of sp³-hybridized carbons (Fsp3) is 0.237. The molecule has 240 valence electrons. The molecular weight excluding hydrogens is 590 g/mol. The second-order valence-electron chi connectivity index (χ2n) is 11.7. The topological polar surface area (TPSA) is 101 Å². The van der Waals surface area contributed by atoms with Crippen LogP contribution in [-0.2, 0) is 16.1 Å². The average molecular weight is 630 g/mol. The monoisotopic (exact) mass is 629 g/mol. The Morgan fingerprint density at radius 3 is 2.19 bits per heavy atom.